The predicted octanol–water partition coefficient (Wildman–Crippen LogP) is 4.32. The number of carbonyl (C=O) groups excluding carboxylic acids is 2. The highest BCUT2D eigenvalue weighted by atomic mass is 79.9. The molecule has 0 aromatic heterocycles. The van der Waals surface area contributed by atoms with Crippen molar-refractivity contribution in [2.75, 3.05) is 0 Å². The largest absolute Gasteiger partial charge is 0.507 e. The second-order valence-corrected chi connectivity index (χ2v) is 6.16. The SMILES string of the molecule is O=C(c1ccccc1)c1cc(O)c(C(=O)c2ccccc2)c(Br)c1O. The monoisotopic (exact) mass is 396 g/mol. The highest BCUT2D eigenvalue weighted by Crippen LogP contribution is 2.39. The number of ketones is 2. The molecule has 0 unspecified atom stereocenters. The van der Waals surface area contributed by atoms with Gasteiger partial charge in [-0.05, 0) is 22.0 Å². The number of phenolic OH excluding ortho intramolecular Hbond substituents is 2. The first kappa shape index (κ1) is 16.9. The van der Waals surface area contributed by atoms with E-state index in [9.17, 15) is 19.8 Å². The average Bonchev–Trinajstić information content (AvgIpc) is 2.65. The summed E-state index contributed by atoms with van der Waals surface area (Å²) in [6.07, 6.45) is 0. The fourth-order valence-corrected chi connectivity index (χ4v) is 3.09. The molecular weight excluding hydrogens is 384 g/mol. The standard InChI is InChI=1S/C20H13BrO4/c21-17-16(19(24)13-9-5-2-6-10-13)15(22)11-14(20(17)25)18(23)12-7-3-1-4-8-12/h1-11,22,25H. The Balaban J connectivity index is 2.09. The zero-order valence-electron chi connectivity index (χ0n) is 12.9. The van der Waals surface area contributed by atoms with Crippen molar-refractivity contribution < 1.29 is 19.8 Å². The summed E-state index contributed by atoms with van der Waals surface area (Å²) in [7, 11) is 0. The number of hydrogen-bond donors (Lipinski definition) is 2. The van der Waals surface area contributed by atoms with E-state index in [1.807, 2.05) is 0 Å². The quantitative estimate of drug-likeness (QED) is 0.508. The van der Waals surface area contributed by atoms with Crippen molar-refractivity contribution in [3.05, 3.63) is 93.5 Å². The normalized spacial score (nSPS) is 10.4. The van der Waals surface area contributed by atoms with Crippen LogP contribution in [0.4, 0.5) is 0 Å². The molecule has 3 aromatic carbocycles. The van der Waals surface area contributed by atoms with Gasteiger partial charge in [0.1, 0.15) is 11.5 Å². The van der Waals surface area contributed by atoms with Gasteiger partial charge in [-0.3, -0.25) is 9.59 Å². The second kappa shape index (κ2) is 6.91. The van der Waals surface area contributed by atoms with Crippen molar-refractivity contribution in [1.29, 1.82) is 0 Å². The van der Waals surface area contributed by atoms with Gasteiger partial charge in [0.2, 0.25) is 0 Å². The minimum absolute atomic E-state index is 0.0133. The van der Waals surface area contributed by atoms with Crippen molar-refractivity contribution in [1.82, 2.24) is 0 Å². The third-order valence-corrected chi connectivity index (χ3v) is 4.54. The van der Waals surface area contributed by atoms with E-state index in [0.717, 1.165) is 6.07 Å². The maximum atomic E-state index is 12.6. The number of rotatable bonds is 4. The van der Waals surface area contributed by atoms with Gasteiger partial charge in [0, 0.05) is 11.1 Å². The van der Waals surface area contributed by atoms with E-state index < -0.39 is 11.6 Å². The van der Waals surface area contributed by atoms with Gasteiger partial charge in [-0.25, -0.2) is 0 Å². The number of halogens is 1. The van der Waals surface area contributed by atoms with Crippen LogP contribution in [0, 0.1) is 0 Å². The average molecular weight is 397 g/mol. The number of benzene rings is 3. The first-order valence-electron chi connectivity index (χ1n) is 7.44. The summed E-state index contributed by atoms with van der Waals surface area (Å²) >= 11 is 3.14. The first-order valence-corrected chi connectivity index (χ1v) is 8.24. The van der Waals surface area contributed by atoms with E-state index in [2.05, 4.69) is 15.9 Å². The highest BCUT2D eigenvalue weighted by Gasteiger charge is 2.25. The molecule has 0 aliphatic carbocycles. The van der Waals surface area contributed by atoms with E-state index >= 15 is 0 Å². The topological polar surface area (TPSA) is 74.6 Å². The van der Waals surface area contributed by atoms with Crippen LogP contribution in [0.15, 0.2) is 71.2 Å². The molecule has 0 atom stereocenters. The van der Waals surface area contributed by atoms with Crippen molar-refractivity contribution in [3.63, 3.8) is 0 Å². The first-order chi connectivity index (χ1) is 12.0. The molecule has 0 fully saturated rings. The van der Waals surface area contributed by atoms with Gasteiger partial charge in [-0.2, -0.15) is 0 Å². The van der Waals surface area contributed by atoms with Crippen molar-refractivity contribution in [2.24, 2.45) is 0 Å². The summed E-state index contributed by atoms with van der Waals surface area (Å²) in [6, 6.07) is 17.9. The van der Waals surface area contributed by atoms with Crippen molar-refractivity contribution in [2.45, 2.75) is 0 Å². The number of carbonyl (C=O) groups is 2. The van der Waals surface area contributed by atoms with Gasteiger partial charge in [0.05, 0.1) is 15.6 Å². The Hall–Kier alpha value is -2.92. The van der Waals surface area contributed by atoms with Crippen LogP contribution in [0.25, 0.3) is 0 Å². The lowest BCUT2D eigenvalue weighted by molar-refractivity contribution is 0.102. The molecule has 0 saturated carbocycles. The lowest BCUT2D eigenvalue weighted by Crippen LogP contribution is -2.07. The van der Waals surface area contributed by atoms with E-state index in [-0.39, 0.29) is 27.1 Å². The number of aromatic hydroxyl groups is 2. The predicted molar refractivity (Wildman–Crippen MR) is 97.2 cm³/mol. The molecule has 25 heavy (non-hydrogen) atoms. The van der Waals surface area contributed by atoms with E-state index in [0.29, 0.717) is 11.1 Å². The molecule has 124 valence electrons. The van der Waals surface area contributed by atoms with Crippen molar-refractivity contribution >= 4 is 27.5 Å². The summed E-state index contributed by atoms with van der Waals surface area (Å²) in [5.41, 5.74) is 0.555. The Bertz CT molecular complexity index is 950. The fourth-order valence-electron chi connectivity index (χ4n) is 2.49. The number of hydrogen-bond acceptors (Lipinski definition) is 4. The van der Waals surface area contributed by atoms with Gasteiger partial charge in [0.15, 0.2) is 11.6 Å². The highest BCUT2D eigenvalue weighted by molar-refractivity contribution is 9.10. The Morgan fingerprint density at radius 3 is 1.76 bits per heavy atom. The van der Waals surface area contributed by atoms with Crippen LogP contribution in [0.3, 0.4) is 0 Å². The lowest BCUT2D eigenvalue weighted by Gasteiger charge is -2.12. The molecule has 0 aliphatic rings. The maximum absolute atomic E-state index is 12.6. The van der Waals surface area contributed by atoms with Crippen LogP contribution in [0.1, 0.15) is 31.8 Å². The molecule has 3 aromatic rings. The summed E-state index contributed by atoms with van der Waals surface area (Å²) in [4.78, 5) is 25.2. The third kappa shape index (κ3) is 3.19. The molecule has 0 bridgehead atoms. The Morgan fingerprint density at radius 2 is 1.24 bits per heavy atom. The molecule has 4 nitrogen and oxygen atoms in total. The lowest BCUT2D eigenvalue weighted by atomic mass is 9.96. The Morgan fingerprint density at radius 1 is 0.760 bits per heavy atom. The van der Waals surface area contributed by atoms with E-state index in [4.69, 9.17) is 0 Å². The van der Waals surface area contributed by atoms with E-state index in [1.54, 1.807) is 60.7 Å². The smallest absolute Gasteiger partial charge is 0.198 e. The molecular formula is C20H13BrO4. The fraction of sp³-hybridized carbons (Fsp3) is 0. The van der Waals surface area contributed by atoms with Crippen LogP contribution in [0.2, 0.25) is 0 Å². The number of phenols is 2. The summed E-state index contributed by atoms with van der Waals surface area (Å²) in [5.74, 6) is -1.67. The molecule has 5 heteroatoms. The molecule has 0 aliphatic heterocycles. The van der Waals surface area contributed by atoms with Crippen LogP contribution in [0.5, 0.6) is 11.5 Å². The minimum Gasteiger partial charge on any atom is -0.507 e. The minimum atomic E-state index is -0.459. The molecule has 0 radical (unpaired) electrons. The van der Waals surface area contributed by atoms with Crippen LogP contribution >= 0.6 is 15.9 Å². The summed E-state index contributed by atoms with van der Waals surface area (Å²) < 4.78 is -0.0133. The Kier molecular flexibility index (Phi) is 4.67. The molecule has 2 N–H and O–H groups in total. The Labute approximate surface area is 152 Å². The second-order valence-electron chi connectivity index (χ2n) is 5.37. The zero-order chi connectivity index (χ0) is 18.0. The van der Waals surface area contributed by atoms with Gasteiger partial charge in [0.25, 0.3) is 0 Å². The van der Waals surface area contributed by atoms with Crippen LogP contribution < -0.4 is 0 Å². The molecule has 3 rings (SSSR count). The molecule has 0 heterocycles. The zero-order valence-corrected chi connectivity index (χ0v) is 14.5. The van der Waals surface area contributed by atoms with Gasteiger partial charge >= 0.3 is 0 Å². The van der Waals surface area contributed by atoms with E-state index in [1.165, 1.54) is 0 Å². The van der Waals surface area contributed by atoms with Gasteiger partial charge in [-0.1, -0.05) is 60.7 Å². The molecule has 0 amide bonds. The van der Waals surface area contributed by atoms with Gasteiger partial charge in [-0.15, -0.1) is 0 Å². The maximum Gasteiger partial charge on any atom is 0.198 e. The van der Waals surface area contributed by atoms with Gasteiger partial charge < -0.3 is 10.2 Å². The van der Waals surface area contributed by atoms with Crippen LogP contribution in [-0.2, 0) is 0 Å². The van der Waals surface area contributed by atoms with Crippen molar-refractivity contribution in [3.8, 4) is 11.5 Å². The third-order valence-electron chi connectivity index (χ3n) is 3.76. The molecule has 0 spiro atoms. The summed E-state index contributed by atoms with van der Waals surface area (Å²) in [6.45, 7) is 0. The van der Waals surface area contributed by atoms with Crippen LogP contribution in [-0.4, -0.2) is 21.8 Å². The molecule has 0 saturated heterocycles. The summed E-state index contributed by atoms with van der Waals surface area (Å²) in [5, 5.41) is 20.7.